The normalized spacial score (nSPS) is 22.4. The molecule has 0 saturated heterocycles. The molecule has 2 atom stereocenters. The number of rotatable bonds is 5. The maximum Gasteiger partial charge on any atom is 0.337 e. The molecule has 2 N–H and O–H groups in total. The number of carbonyl (C=O) groups is 1. The number of nitrogens with one attached hydrogen (secondary N) is 1. The molecule has 1 aliphatic carbocycles. The summed E-state index contributed by atoms with van der Waals surface area (Å²) in [5, 5.41) is 13.4. The maximum absolute atomic E-state index is 11.3. The van der Waals surface area contributed by atoms with E-state index in [0.29, 0.717) is 16.9 Å². The Kier molecular flexibility index (Phi) is 4.75. The van der Waals surface area contributed by atoms with Crippen LogP contribution in [0.25, 0.3) is 0 Å². The number of carboxylic acids is 1. The number of para-hydroxylation sites is 1. The van der Waals surface area contributed by atoms with Crippen molar-refractivity contribution in [3.63, 3.8) is 0 Å². The Bertz CT molecular complexity index is 461. The van der Waals surface area contributed by atoms with E-state index in [2.05, 4.69) is 12.2 Å². The molecule has 104 valence electrons. The molecule has 4 heteroatoms. The number of carboxylic acid groups (broad SMARTS) is 1. The van der Waals surface area contributed by atoms with Crippen LogP contribution in [0.3, 0.4) is 0 Å². The molecule has 2 rings (SSSR count). The van der Waals surface area contributed by atoms with E-state index in [1.54, 1.807) is 12.1 Å². The fraction of sp³-hybridized carbons (Fsp3) is 0.533. The largest absolute Gasteiger partial charge is 0.478 e. The van der Waals surface area contributed by atoms with Gasteiger partial charge in [-0.05, 0) is 37.1 Å². The molecule has 0 radical (unpaired) electrons. The Labute approximate surface area is 118 Å². The average molecular weight is 279 g/mol. The van der Waals surface area contributed by atoms with Gasteiger partial charge in [-0.15, -0.1) is 0 Å². The number of thioether (sulfide) groups is 1. The summed E-state index contributed by atoms with van der Waals surface area (Å²) in [6.07, 6.45) is 3.58. The highest BCUT2D eigenvalue weighted by Gasteiger charge is 2.28. The molecular weight excluding hydrogens is 258 g/mol. The van der Waals surface area contributed by atoms with Crippen molar-refractivity contribution in [2.75, 3.05) is 11.1 Å². The first-order chi connectivity index (χ1) is 9.13. The van der Waals surface area contributed by atoms with E-state index in [0.717, 1.165) is 23.4 Å². The summed E-state index contributed by atoms with van der Waals surface area (Å²) in [6.45, 7) is 4.14. The third-order valence-corrected chi connectivity index (χ3v) is 4.99. The van der Waals surface area contributed by atoms with Crippen molar-refractivity contribution >= 4 is 23.4 Å². The van der Waals surface area contributed by atoms with Gasteiger partial charge in [0.1, 0.15) is 0 Å². The molecule has 0 aromatic heterocycles. The van der Waals surface area contributed by atoms with Gasteiger partial charge in [-0.2, -0.15) is 11.8 Å². The molecule has 19 heavy (non-hydrogen) atoms. The lowest BCUT2D eigenvalue weighted by atomic mass is 10.1. The highest BCUT2D eigenvalue weighted by Crippen LogP contribution is 2.33. The van der Waals surface area contributed by atoms with Crippen molar-refractivity contribution in [1.29, 1.82) is 0 Å². The van der Waals surface area contributed by atoms with Crippen LogP contribution in [-0.2, 0) is 0 Å². The number of benzene rings is 1. The van der Waals surface area contributed by atoms with E-state index >= 15 is 0 Å². The van der Waals surface area contributed by atoms with Crippen LogP contribution < -0.4 is 5.32 Å². The first kappa shape index (κ1) is 14.3. The summed E-state index contributed by atoms with van der Waals surface area (Å²) in [4.78, 5) is 11.3. The van der Waals surface area contributed by atoms with Crippen LogP contribution >= 0.6 is 11.8 Å². The van der Waals surface area contributed by atoms with E-state index < -0.39 is 5.97 Å². The summed E-state index contributed by atoms with van der Waals surface area (Å²) in [5.41, 5.74) is 2.18. The van der Waals surface area contributed by atoms with Crippen molar-refractivity contribution < 1.29 is 9.90 Å². The van der Waals surface area contributed by atoms with Gasteiger partial charge in [0, 0.05) is 11.3 Å². The Morgan fingerprint density at radius 1 is 1.47 bits per heavy atom. The van der Waals surface area contributed by atoms with Crippen LogP contribution in [0.5, 0.6) is 0 Å². The fourth-order valence-electron chi connectivity index (χ4n) is 2.73. The van der Waals surface area contributed by atoms with Gasteiger partial charge in [-0.25, -0.2) is 4.79 Å². The number of hydrogen-bond acceptors (Lipinski definition) is 3. The van der Waals surface area contributed by atoms with Crippen LogP contribution in [0.15, 0.2) is 18.2 Å². The van der Waals surface area contributed by atoms with Gasteiger partial charge < -0.3 is 10.4 Å². The minimum Gasteiger partial charge on any atom is -0.478 e. The molecule has 0 heterocycles. The summed E-state index contributed by atoms with van der Waals surface area (Å²) in [5.74, 6) is 0.256. The summed E-state index contributed by atoms with van der Waals surface area (Å²) in [6, 6.07) is 5.83. The molecule has 1 saturated carbocycles. The molecule has 2 unspecified atom stereocenters. The molecule has 1 fully saturated rings. The Balaban J connectivity index is 2.20. The van der Waals surface area contributed by atoms with Gasteiger partial charge in [0.25, 0.3) is 0 Å². The number of hydrogen-bond donors (Lipinski definition) is 2. The SMILES string of the molecule is CCSC1CCCC1Nc1c(C)cccc1C(=O)O. The molecule has 0 spiro atoms. The number of aryl methyl sites for hydroxylation is 1. The van der Waals surface area contributed by atoms with Gasteiger partial charge in [-0.3, -0.25) is 0 Å². The van der Waals surface area contributed by atoms with Crippen LogP contribution in [-0.4, -0.2) is 28.1 Å². The second-order valence-corrected chi connectivity index (χ2v) is 6.49. The first-order valence-electron chi connectivity index (χ1n) is 6.84. The third-order valence-electron chi connectivity index (χ3n) is 3.67. The second kappa shape index (κ2) is 6.33. The topological polar surface area (TPSA) is 49.3 Å². The van der Waals surface area contributed by atoms with Crippen LogP contribution in [0.1, 0.15) is 42.1 Å². The second-order valence-electron chi connectivity index (χ2n) is 4.98. The van der Waals surface area contributed by atoms with E-state index in [4.69, 9.17) is 0 Å². The van der Waals surface area contributed by atoms with Crippen LogP contribution in [0.4, 0.5) is 5.69 Å². The fourth-order valence-corrected chi connectivity index (χ4v) is 3.93. The van der Waals surface area contributed by atoms with Crippen LogP contribution in [0, 0.1) is 6.92 Å². The summed E-state index contributed by atoms with van der Waals surface area (Å²) in [7, 11) is 0. The lowest BCUT2D eigenvalue weighted by molar-refractivity contribution is 0.0698. The molecule has 1 aromatic rings. The summed E-state index contributed by atoms with van der Waals surface area (Å²) >= 11 is 1.98. The highest BCUT2D eigenvalue weighted by molar-refractivity contribution is 7.99. The third kappa shape index (κ3) is 3.24. The summed E-state index contributed by atoms with van der Waals surface area (Å²) < 4.78 is 0. The molecule has 3 nitrogen and oxygen atoms in total. The predicted molar refractivity (Wildman–Crippen MR) is 81.3 cm³/mol. The number of anilines is 1. The van der Waals surface area contributed by atoms with Crippen molar-refractivity contribution in [3.8, 4) is 0 Å². The van der Waals surface area contributed by atoms with Crippen molar-refractivity contribution in [2.24, 2.45) is 0 Å². The quantitative estimate of drug-likeness (QED) is 0.861. The maximum atomic E-state index is 11.3. The minimum atomic E-state index is -0.858. The van der Waals surface area contributed by atoms with E-state index in [1.807, 2.05) is 24.8 Å². The predicted octanol–water partition coefficient (Wildman–Crippen LogP) is 3.78. The molecule has 0 aliphatic heterocycles. The van der Waals surface area contributed by atoms with Gasteiger partial charge in [0.05, 0.1) is 11.3 Å². The van der Waals surface area contributed by atoms with Gasteiger partial charge in [0.2, 0.25) is 0 Å². The zero-order chi connectivity index (χ0) is 13.8. The Hall–Kier alpha value is -1.16. The molecule has 0 bridgehead atoms. The van der Waals surface area contributed by atoms with E-state index in [-0.39, 0.29) is 0 Å². The lowest BCUT2D eigenvalue weighted by Gasteiger charge is -2.23. The molecule has 0 amide bonds. The van der Waals surface area contributed by atoms with Crippen molar-refractivity contribution in [1.82, 2.24) is 0 Å². The zero-order valence-electron chi connectivity index (χ0n) is 11.5. The smallest absolute Gasteiger partial charge is 0.337 e. The Morgan fingerprint density at radius 2 is 2.26 bits per heavy atom. The first-order valence-corrected chi connectivity index (χ1v) is 7.89. The molecular formula is C15H21NO2S. The molecule has 1 aromatic carbocycles. The zero-order valence-corrected chi connectivity index (χ0v) is 12.3. The monoisotopic (exact) mass is 279 g/mol. The lowest BCUT2D eigenvalue weighted by Crippen LogP contribution is -2.27. The highest BCUT2D eigenvalue weighted by atomic mass is 32.2. The minimum absolute atomic E-state index is 0.382. The van der Waals surface area contributed by atoms with Gasteiger partial charge >= 0.3 is 5.97 Å². The average Bonchev–Trinajstić information content (AvgIpc) is 2.79. The Morgan fingerprint density at radius 3 is 2.95 bits per heavy atom. The van der Waals surface area contributed by atoms with Crippen molar-refractivity contribution in [2.45, 2.75) is 44.4 Å². The standard InChI is InChI=1S/C15H21NO2S/c1-3-19-13-9-5-8-12(13)16-14-10(2)6-4-7-11(14)15(17)18/h4,6-7,12-13,16H,3,5,8-9H2,1-2H3,(H,17,18). The van der Waals surface area contributed by atoms with Crippen molar-refractivity contribution in [3.05, 3.63) is 29.3 Å². The van der Waals surface area contributed by atoms with E-state index in [9.17, 15) is 9.90 Å². The van der Waals surface area contributed by atoms with Crippen LogP contribution in [0.2, 0.25) is 0 Å². The number of aromatic carboxylic acids is 1. The van der Waals surface area contributed by atoms with E-state index in [1.165, 1.54) is 12.8 Å². The molecule has 1 aliphatic rings. The van der Waals surface area contributed by atoms with Gasteiger partial charge in [0.15, 0.2) is 0 Å². The van der Waals surface area contributed by atoms with Gasteiger partial charge in [-0.1, -0.05) is 25.5 Å².